The molecule has 116 valence electrons. The molecule has 1 fully saturated rings. The molecule has 1 aromatic heterocycles. The number of carbonyl (C=O) groups is 1. The fourth-order valence-corrected chi connectivity index (χ4v) is 2.53. The molecule has 2 heterocycles. The second-order valence-electron chi connectivity index (χ2n) is 5.12. The number of para-hydroxylation sites is 1. The molecule has 1 aromatic carbocycles. The van der Waals surface area contributed by atoms with Gasteiger partial charge in [-0.15, -0.1) is 0 Å². The number of carbonyl (C=O) groups excluding carboxylic acids is 1. The van der Waals surface area contributed by atoms with Crippen LogP contribution in [0.25, 0.3) is 10.9 Å². The number of hydrogen-bond acceptors (Lipinski definition) is 4. The van der Waals surface area contributed by atoms with Crippen molar-refractivity contribution in [3.05, 3.63) is 41.8 Å². The van der Waals surface area contributed by atoms with E-state index in [0.717, 1.165) is 0 Å². The quantitative estimate of drug-likeness (QED) is 0.937. The first-order chi connectivity index (χ1) is 10.7. The molecule has 6 heteroatoms. The number of ether oxygens (including phenoxy) is 2. The molecule has 3 rings (SSSR count). The number of benzene rings is 1. The van der Waals surface area contributed by atoms with Crippen molar-refractivity contribution in [2.45, 2.75) is 19.1 Å². The summed E-state index contributed by atoms with van der Waals surface area (Å²) in [7, 11) is 0. The molecule has 1 aliphatic rings. The first kappa shape index (κ1) is 14.9. The van der Waals surface area contributed by atoms with Crippen molar-refractivity contribution < 1.29 is 18.7 Å². The second-order valence-corrected chi connectivity index (χ2v) is 5.12. The van der Waals surface area contributed by atoms with Gasteiger partial charge in [0.05, 0.1) is 19.3 Å². The summed E-state index contributed by atoms with van der Waals surface area (Å²) in [4.78, 5) is 16.4. The van der Waals surface area contributed by atoms with Crippen LogP contribution in [-0.4, -0.2) is 42.9 Å². The molecule has 1 amide bonds. The Bertz CT molecular complexity index is 692. The van der Waals surface area contributed by atoms with Crippen LogP contribution in [0.2, 0.25) is 0 Å². The molecule has 22 heavy (non-hydrogen) atoms. The minimum Gasteiger partial charge on any atom is -0.376 e. The molecule has 1 N–H and O–H groups in total. The maximum Gasteiger partial charge on any atom is 0.270 e. The summed E-state index contributed by atoms with van der Waals surface area (Å²) in [6.07, 6.45) is -0.161. The fraction of sp³-hybridized carbons (Fsp3) is 0.375. The Balaban J connectivity index is 1.79. The predicted molar refractivity (Wildman–Crippen MR) is 79.2 cm³/mol. The standard InChI is InChI=1S/C16H17FN2O3/c1-2-22-14-9-21-8-13(14)19-16(20)12-7-6-10-4-3-5-11(17)15(10)18-12/h3-7,13-14H,2,8-9H2,1H3,(H,19,20)/t13-,14-/m0/s1. The zero-order valence-electron chi connectivity index (χ0n) is 12.2. The molecule has 0 radical (unpaired) electrons. The largest absolute Gasteiger partial charge is 0.376 e. The molecule has 2 atom stereocenters. The summed E-state index contributed by atoms with van der Waals surface area (Å²) in [5, 5.41) is 3.50. The monoisotopic (exact) mass is 304 g/mol. The average Bonchev–Trinajstić information content (AvgIpc) is 2.95. The predicted octanol–water partition coefficient (Wildman–Crippen LogP) is 1.91. The number of hydrogen-bond donors (Lipinski definition) is 1. The molecule has 5 nitrogen and oxygen atoms in total. The molecule has 2 aromatic rings. The summed E-state index contributed by atoms with van der Waals surface area (Å²) < 4.78 is 24.6. The van der Waals surface area contributed by atoms with E-state index in [1.54, 1.807) is 24.3 Å². The number of aromatic nitrogens is 1. The van der Waals surface area contributed by atoms with E-state index in [0.29, 0.717) is 25.2 Å². The first-order valence-corrected chi connectivity index (χ1v) is 7.24. The molecule has 0 saturated carbocycles. The molecule has 0 spiro atoms. The lowest BCUT2D eigenvalue weighted by Crippen LogP contribution is -2.44. The van der Waals surface area contributed by atoms with Crippen molar-refractivity contribution in [2.75, 3.05) is 19.8 Å². The Morgan fingerprint density at radius 1 is 1.41 bits per heavy atom. The van der Waals surface area contributed by atoms with Crippen molar-refractivity contribution >= 4 is 16.8 Å². The molecule has 0 bridgehead atoms. The summed E-state index contributed by atoms with van der Waals surface area (Å²) in [5.74, 6) is -0.797. The van der Waals surface area contributed by atoms with Gasteiger partial charge in [-0.1, -0.05) is 18.2 Å². The van der Waals surface area contributed by atoms with Crippen LogP contribution in [-0.2, 0) is 9.47 Å². The van der Waals surface area contributed by atoms with Crippen LogP contribution in [0.1, 0.15) is 17.4 Å². The van der Waals surface area contributed by atoms with E-state index in [9.17, 15) is 9.18 Å². The highest BCUT2D eigenvalue weighted by Crippen LogP contribution is 2.16. The van der Waals surface area contributed by atoms with Gasteiger partial charge in [0.25, 0.3) is 5.91 Å². The van der Waals surface area contributed by atoms with E-state index in [1.165, 1.54) is 6.07 Å². The van der Waals surface area contributed by atoms with Crippen LogP contribution in [0.4, 0.5) is 4.39 Å². The Morgan fingerprint density at radius 2 is 2.27 bits per heavy atom. The van der Waals surface area contributed by atoms with E-state index >= 15 is 0 Å². The molecule has 1 aliphatic heterocycles. The van der Waals surface area contributed by atoms with Gasteiger partial charge in [-0.05, 0) is 19.1 Å². The minimum atomic E-state index is -0.441. The van der Waals surface area contributed by atoms with E-state index in [4.69, 9.17) is 9.47 Å². The third-order valence-corrected chi connectivity index (χ3v) is 3.63. The van der Waals surface area contributed by atoms with E-state index in [-0.39, 0.29) is 29.3 Å². The highest BCUT2D eigenvalue weighted by Gasteiger charge is 2.30. The number of nitrogens with zero attached hydrogens (tertiary/aromatic N) is 1. The average molecular weight is 304 g/mol. The summed E-state index contributed by atoms with van der Waals surface area (Å²) in [6.45, 7) is 3.31. The Kier molecular flexibility index (Phi) is 4.31. The maximum atomic E-state index is 13.8. The van der Waals surface area contributed by atoms with Gasteiger partial charge >= 0.3 is 0 Å². The van der Waals surface area contributed by atoms with Gasteiger partial charge in [0.15, 0.2) is 0 Å². The van der Waals surface area contributed by atoms with Crippen molar-refractivity contribution in [2.24, 2.45) is 0 Å². The van der Waals surface area contributed by atoms with Crippen molar-refractivity contribution in [3.8, 4) is 0 Å². The van der Waals surface area contributed by atoms with Crippen LogP contribution >= 0.6 is 0 Å². The Hall–Kier alpha value is -2.05. The lowest BCUT2D eigenvalue weighted by Gasteiger charge is -2.18. The summed E-state index contributed by atoms with van der Waals surface area (Å²) in [5.41, 5.74) is 0.374. The van der Waals surface area contributed by atoms with E-state index in [1.807, 2.05) is 6.92 Å². The zero-order chi connectivity index (χ0) is 15.5. The van der Waals surface area contributed by atoms with Crippen molar-refractivity contribution in [3.63, 3.8) is 0 Å². The smallest absolute Gasteiger partial charge is 0.270 e. The molecular formula is C16H17FN2O3. The van der Waals surface area contributed by atoms with Gasteiger partial charge in [0.1, 0.15) is 23.1 Å². The van der Waals surface area contributed by atoms with E-state index < -0.39 is 5.82 Å². The number of nitrogens with one attached hydrogen (secondary N) is 1. The normalized spacial score (nSPS) is 21.2. The van der Waals surface area contributed by atoms with Crippen LogP contribution in [0.15, 0.2) is 30.3 Å². The van der Waals surface area contributed by atoms with Gasteiger partial charge < -0.3 is 14.8 Å². The van der Waals surface area contributed by atoms with Gasteiger partial charge in [-0.3, -0.25) is 4.79 Å². The molecule has 0 unspecified atom stereocenters. The van der Waals surface area contributed by atoms with Gasteiger partial charge in [-0.25, -0.2) is 9.37 Å². The topological polar surface area (TPSA) is 60.5 Å². The van der Waals surface area contributed by atoms with Crippen LogP contribution in [0, 0.1) is 5.82 Å². The van der Waals surface area contributed by atoms with Crippen LogP contribution < -0.4 is 5.32 Å². The second kappa shape index (κ2) is 6.37. The number of halogens is 1. The number of amides is 1. The Labute approximate surface area is 127 Å². The lowest BCUT2D eigenvalue weighted by molar-refractivity contribution is 0.0402. The lowest BCUT2D eigenvalue weighted by atomic mass is 10.1. The molecule has 0 aliphatic carbocycles. The van der Waals surface area contributed by atoms with Gasteiger partial charge in [0, 0.05) is 12.0 Å². The Morgan fingerprint density at radius 3 is 3.09 bits per heavy atom. The number of pyridine rings is 1. The van der Waals surface area contributed by atoms with Gasteiger partial charge in [0.2, 0.25) is 0 Å². The number of rotatable bonds is 4. The number of fused-ring (bicyclic) bond motifs is 1. The third-order valence-electron chi connectivity index (χ3n) is 3.63. The fourth-order valence-electron chi connectivity index (χ4n) is 2.53. The summed E-state index contributed by atoms with van der Waals surface area (Å²) >= 11 is 0. The highest BCUT2D eigenvalue weighted by atomic mass is 19.1. The SMILES string of the molecule is CCO[C@H]1COC[C@@H]1NC(=O)c1ccc2cccc(F)c2n1. The maximum absolute atomic E-state index is 13.8. The first-order valence-electron chi connectivity index (χ1n) is 7.24. The third kappa shape index (κ3) is 2.93. The highest BCUT2D eigenvalue weighted by molar-refractivity contribution is 5.95. The van der Waals surface area contributed by atoms with Crippen molar-refractivity contribution in [1.29, 1.82) is 0 Å². The molecule has 1 saturated heterocycles. The minimum absolute atomic E-state index is 0.161. The summed E-state index contributed by atoms with van der Waals surface area (Å²) in [6, 6.07) is 7.75. The molecular weight excluding hydrogens is 287 g/mol. The zero-order valence-corrected chi connectivity index (χ0v) is 12.2. The van der Waals surface area contributed by atoms with Crippen LogP contribution in [0.3, 0.4) is 0 Å². The van der Waals surface area contributed by atoms with Crippen LogP contribution in [0.5, 0.6) is 0 Å². The van der Waals surface area contributed by atoms with E-state index in [2.05, 4.69) is 10.3 Å². The van der Waals surface area contributed by atoms with Gasteiger partial charge in [-0.2, -0.15) is 0 Å². The van der Waals surface area contributed by atoms with Crippen molar-refractivity contribution in [1.82, 2.24) is 10.3 Å².